The molecular formula is C13H18N4O2S. The van der Waals surface area contributed by atoms with Crippen LogP contribution in [0.4, 0.5) is 0 Å². The number of nitrogens with one attached hydrogen (secondary N) is 1. The van der Waals surface area contributed by atoms with Gasteiger partial charge in [-0.1, -0.05) is 18.2 Å². The van der Waals surface area contributed by atoms with Crippen molar-refractivity contribution < 1.29 is 8.42 Å². The first-order valence-corrected chi connectivity index (χ1v) is 7.83. The van der Waals surface area contributed by atoms with E-state index in [1.807, 2.05) is 20.8 Å². The average Bonchev–Trinajstić information content (AvgIpc) is 2.76. The van der Waals surface area contributed by atoms with E-state index < -0.39 is 10.0 Å². The number of hydrogen-bond donors (Lipinski definition) is 1. The van der Waals surface area contributed by atoms with Gasteiger partial charge in [-0.25, -0.2) is 22.8 Å². The zero-order chi connectivity index (χ0) is 14.8. The Balaban J connectivity index is 2.07. The van der Waals surface area contributed by atoms with Crippen molar-refractivity contribution >= 4 is 10.0 Å². The molecule has 0 aliphatic heterocycles. The first-order chi connectivity index (χ1) is 9.40. The number of aryl methyl sites for hydroxylation is 2. The first kappa shape index (κ1) is 14.7. The molecule has 0 radical (unpaired) electrons. The van der Waals surface area contributed by atoms with E-state index >= 15 is 0 Å². The van der Waals surface area contributed by atoms with E-state index in [-0.39, 0.29) is 17.5 Å². The lowest BCUT2D eigenvalue weighted by atomic mass is 10.3. The SMILES string of the molecule is Cc1nc(C)n(C(C)CNS(=O)(=O)c2ccccc2)n1. The maximum Gasteiger partial charge on any atom is 0.240 e. The largest absolute Gasteiger partial charge is 0.246 e. The fraction of sp³-hybridized carbons (Fsp3) is 0.385. The Labute approximate surface area is 118 Å². The molecule has 108 valence electrons. The fourth-order valence-electron chi connectivity index (χ4n) is 1.95. The van der Waals surface area contributed by atoms with Gasteiger partial charge in [0, 0.05) is 6.54 Å². The Bertz CT molecular complexity index is 680. The summed E-state index contributed by atoms with van der Waals surface area (Å²) in [4.78, 5) is 4.47. The number of hydrogen-bond acceptors (Lipinski definition) is 4. The highest BCUT2D eigenvalue weighted by Gasteiger charge is 2.16. The number of nitrogens with zero attached hydrogens (tertiary/aromatic N) is 3. The molecule has 0 saturated carbocycles. The van der Waals surface area contributed by atoms with E-state index in [0.717, 1.165) is 5.82 Å². The monoisotopic (exact) mass is 294 g/mol. The van der Waals surface area contributed by atoms with E-state index in [4.69, 9.17) is 0 Å². The second kappa shape index (κ2) is 5.72. The van der Waals surface area contributed by atoms with Crippen molar-refractivity contribution in [3.05, 3.63) is 42.0 Å². The van der Waals surface area contributed by atoms with Crippen LogP contribution in [0.3, 0.4) is 0 Å². The molecule has 2 rings (SSSR count). The lowest BCUT2D eigenvalue weighted by Crippen LogP contribution is -2.30. The van der Waals surface area contributed by atoms with Crippen molar-refractivity contribution in [3.8, 4) is 0 Å². The van der Waals surface area contributed by atoms with Gasteiger partial charge in [0.25, 0.3) is 0 Å². The van der Waals surface area contributed by atoms with Gasteiger partial charge in [0.2, 0.25) is 10.0 Å². The van der Waals surface area contributed by atoms with Gasteiger partial charge in [-0.3, -0.25) is 0 Å². The highest BCUT2D eigenvalue weighted by Crippen LogP contribution is 2.10. The van der Waals surface area contributed by atoms with Crippen LogP contribution < -0.4 is 4.72 Å². The molecule has 0 aliphatic carbocycles. The second-order valence-corrected chi connectivity index (χ2v) is 6.43. The minimum atomic E-state index is -3.48. The summed E-state index contributed by atoms with van der Waals surface area (Å²) < 4.78 is 28.5. The topological polar surface area (TPSA) is 76.9 Å². The molecule has 1 aromatic heterocycles. The molecule has 0 bridgehead atoms. The predicted octanol–water partition coefficient (Wildman–Crippen LogP) is 1.43. The van der Waals surface area contributed by atoms with Crippen LogP contribution in [0.25, 0.3) is 0 Å². The summed E-state index contributed by atoms with van der Waals surface area (Å²) in [6.45, 7) is 5.82. The van der Waals surface area contributed by atoms with Crippen LogP contribution in [-0.4, -0.2) is 29.7 Å². The Morgan fingerprint density at radius 1 is 1.25 bits per heavy atom. The molecule has 7 heteroatoms. The molecule has 0 spiro atoms. The Morgan fingerprint density at radius 3 is 2.45 bits per heavy atom. The number of sulfonamides is 1. The summed E-state index contributed by atoms with van der Waals surface area (Å²) in [7, 11) is -3.48. The third-order valence-electron chi connectivity index (χ3n) is 2.95. The van der Waals surface area contributed by atoms with Crippen molar-refractivity contribution in [1.82, 2.24) is 19.5 Å². The maximum atomic E-state index is 12.1. The summed E-state index contributed by atoms with van der Waals surface area (Å²) in [5.41, 5.74) is 0. The summed E-state index contributed by atoms with van der Waals surface area (Å²) >= 11 is 0. The minimum Gasteiger partial charge on any atom is -0.246 e. The molecule has 0 amide bonds. The van der Waals surface area contributed by atoms with E-state index in [9.17, 15) is 8.42 Å². The van der Waals surface area contributed by atoms with Gasteiger partial charge in [-0.2, -0.15) is 5.10 Å². The average molecular weight is 294 g/mol. The molecule has 1 aromatic carbocycles. The van der Waals surface area contributed by atoms with E-state index in [2.05, 4.69) is 14.8 Å². The van der Waals surface area contributed by atoms with Crippen molar-refractivity contribution in [2.75, 3.05) is 6.54 Å². The highest BCUT2D eigenvalue weighted by atomic mass is 32.2. The Morgan fingerprint density at radius 2 is 1.90 bits per heavy atom. The van der Waals surface area contributed by atoms with Gasteiger partial charge in [0.15, 0.2) is 0 Å². The molecule has 1 N–H and O–H groups in total. The van der Waals surface area contributed by atoms with Crippen LogP contribution in [0.5, 0.6) is 0 Å². The number of aromatic nitrogens is 3. The normalized spacial score (nSPS) is 13.3. The molecule has 0 fully saturated rings. The summed E-state index contributed by atoms with van der Waals surface area (Å²) in [5.74, 6) is 1.45. The van der Waals surface area contributed by atoms with Gasteiger partial charge < -0.3 is 0 Å². The molecule has 1 heterocycles. The molecular weight excluding hydrogens is 276 g/mol. The van der Waals surface area contributed by atoms with Crippen molar-refractivity contribution in [2.45, 2.75) is 31.7 Å². The van der Waals surface area contributed by atoms with Crippen molar-refractivity contribution in [3.63, 3.8) is 0 Å². The quantitative estimate of drug-likeness (QED) is 0.905. The molecule has 0 saturated heterocycles. The predicted molar refractivity (Wildman–Crippen MR) is 75.8 cm³/mol. The zero-order valence-corrected chi connectivity index (χ0v) is 12.6. The number of benzene rings is 1. The first-order valence-electron chi connectivity index (χ1n) is 6.34. The lowest BCUT2D eigenvalue weighted by molar-refractivity contribution is 0.466. The maximum absolute atomic E-state index is 12.1. The standard InChI is InChI=1S/C13H18N4O2S/c1-10(17-12(3)15-11(2)16-17)9-14-20(18,19)13-7-5-4-6-8-13/h4-8,10,14H,9H2,1-3H3. The van der Waals surface area contributed by atoms with Gasteiger partial charge in [0.05, 0.1) is 10.9 Å². The lowest BCUT2D eigenvalue weighted by Gasteiger charge is -2.14. The molecule has 0 aliphatic rings. The molecule has 2 aromatic rings. The smallest absolute Gasteiger partial charge is 0.240 e. The van der Waals surface area contributed by atoms with Crippen LogP contribution in [-0.2, 0) is 10.0 Å². The van der Waals surface area contributed by atoms with E-state index in [0.29, 0.717) is 5.82 Å². The van der Waals surface area contributed by atoms with Gasteiger partial charge in [-0.15, -0.1) is 0 Å². The molecule has 20 heavy (non-hydrogen) atoms. The van der Waals surface area contributed by atoms with Crippen molar-refractivity contribution in [2.24, 2.45) is 0 Å². The van der Waals surface area contributed by atoms with Crippen molar-refractivity contribution in [1.29, 1.82) is 0 Å². The Kier molecular flexibility index (Phi) is 4.20. The molecule has 1 unspecified atom stereocenters. The number of rotatable bonds is 5. The van der Waals surface area contributed by atoms with E-state index in [1.165, 1.54) is 0 Å². The van der Waals surface area contributed by atoms with Gasteiger partial charge >= 0.3 is 0 Å². The van der Waals surface area contributed by atoms with Gasteiger partial charge in [-0.05, 0) is 32.9 Å². The summed E-state index contributed by atoms with van der Waals surface area (Å²) in [5, 5.41) is 4.25. The second-order valence-electron chi connectivity index (χ2n) is 4.66. The van der Waals surface area contributed by atoms with E-state index in [1.54, 1.807) is 35.0 Å². The van der Waals surface area contributed by atoms with Crippen LogP contribution in [0.2, 0.25) is 0 Å². The minimum absolute atomic E-state index is 0.102. The van der Waals surface area contributed by atoms with Crippen LogP contribution in [0.1, 0.15) is 24.6 Å². The summed E-state index contributed by atoms with van der Waals surface area (Å²) in [6.07, 6.45) is 0. The summed E-state index contributed by atoms with van der Waals surface area (Å²) in [6, 6.07) is 8.21. The Hall–Kier alpha value is -1.73. The molecule has 1 atom stereocenters. The third-order valence-corrected chi connectivity index (χ3v) is 4.39. The van der Waals surface area contributed by atoms with Crippen LogP contribution in [0, 0.1) is 13.8 Å². The van der Waals surface area contributed by atoms with Crippen LogP contribution in [0.15, 0.2) is 35.2 Å². The zero-order valence-electron chi connectivity index (χ0n) is 11.7. The highest BCUT2D eigenvalue weighted by molar-refractivity contribution is 7.89. The van der Waals surface area contributed by atoms with Gasteiger partial charge in [0.1, 0.15) is 11.6 Å². The third kappa shape index (κ3) is 3.23. The fourth-order valence-corrected chi connectivity index (χ4v) is 3.10. The van der Waals surface area contributed by atoms with Crippen LogP contribution >= 0.6 is 0 Å². The molecule has 6 nitrogen and oxygen atoms in total.